The first-order chi connectivity index (χ1) is 4.22. The van der Waals surface area contributed by atoms with Gasteiger partial charge in [0, 0.05) is 13.2 Å². The molecule has 2 heteroatoms. The molecule has 0 unspecified atom stereocenters. The van der Waals surface area contributed by atoms with Crippen molar-refractivity contribution in [2.45, 2.75) is 27.2 Å². The summed E-state index contributed by atoms with van der Waals surface area (Å²) in [4.78, 5) is 0. The highest BCUT2D eigenvalue weighted by molar-refractivity contribution is 4.41. The Hall–Kier alpha value is -0.0800. The third-order valence-corrected chi connectivity index (χ3v) is 1.01. The van der Waals surface area contributed by atoms with Crippen LogP contribution in [0.5, 0.6) is 0 Å². The Morgan fingerprint density at radius 1 is 1.22 bits per heavy atom. The zero-order chi connectivity index (χ0) is 7.70. The standard InChI is InChI=1S/C5H12O.C2H6O/c1-3-5(2)4-6;1-2-3/h5-6H,3-4H2,1-2H3;3H,2H2,1H3/t5-;/m1./s1. The Labute approximate surface area is 57.5 Å². The average molecular weight is 134 g/mol. The van der Waals surface area contributed by atoms with Crippen LogP contribution in [0.25, 0.3) is 0 Å². The van der Waals surface area contributed by atoms with Crippen LogP contribution in [-0.2, 0) is 0 Å². The van der Waals surface area contributed by atoms with Crippen LogP contribution in [0.15, 0.2) is 0 Å². The molecule has 58 valence electrons. The Morgan fingerprint density at radius 2 is 1.56 bits per heavy atom. The highest BCUT2D eigenvalue weighted by Crippen LogP contribution is 1.95. The molecule has 1 atom stereocenters. The third-order valence-electron chi connectivity index (χ3n) is 1.01. The normalized spacial score (nSPS) is 11.7. The quantitative estimate of drug-likeness (QED) is 0.592. The summed E-state index contributed by atoms with van der Waals surface area (Å²) < 4.78 is 0. The van der Waals surface area contributed by atoms with Crippen molar-refractivity contribution < 1.29 is 10.2 Å². The highest BCUT2D eigenvalue weighted by Gasteiger charge is 1.90. The molecule has 0 aromatic rings. The van der Waals surface area contributed by atoms with E-state index >= 15 is 0 Å². The summed E-state index contributed by atoms with van der Waals surface area (Å²) in [6.07, 6.45) is 1.08. The lowest BCUT2D eigenvalue weighted by Gasteiger charge is -1.98. The molecule has 9 heavy (non-hydrogen) atoms. The molecule has 0 bridgehead atoms. The highest BCUT2D eigenvalue weighted by atomic mass is 16.3. The Kier molecular flexibility index (Phi) is 14.0. The fraction of sp³-hybridized carbons (Fsp3) is 1.00. The summed E-state index contributed by atoms with van der Waals surface area (Å²) in [7, 11) is 0. The lowest BCUT2D eigenvalue weighted by Crippen LogP contribution is -1.96. The van der Waals surface area contributed by atoms with Crippen molar-refractivity contribution in [3.05, 3.63) is 0 Å². The summed E-state index contributed by atoms with van der Waals surface area (Å²) in [5.74, 6) is 0.491. The Balaban J connectivity index is 0. The van der Waals surface area contributed by atoms with Gasteiger partial charge in [-0.05, 0) is 12.8 Å². The molecule has 0 saturated carbocycles. The van der Waals surface area contributed by atoms with E-state index in [4.69, 9.17) is 10.2 Å². The van der Waals surface area contributed by atoms with Gasteiger partial charge < -0.3 is 10.2 Å². The van der Waals surface area contributed by atoms with E-state index in [9.17, 15) is 0 Å². The van der Waals surface area contributed by atoms with E-state index < -0.39 is 0 Å². The maximum absolute atomic E-state index is 8.33. The third kappa shape index (κ3) is 18.1. The number of hydrogen-bond donors (Lipinski definition) is 2. The van der Waals surface area contributed by atoms with Crippen molar-refractivity contribution in [2.75, 3.05) is 13.2 Å². The van der Waals surface area contributed by atoms with E-state index in [0.717, 1.165) is 6.42 Å². The van der Waals surface area contributed by atoms with Crippen LogP contribution >= 0.6 is 0 Å². The van der Waals surface area contributed by atoms with Gasteiger partial charge in [0.2, 0.25) is 0 Å². The zero-order valence-corrected chi connectivity index (χ0v) is 6.59. The molecule has 0 aliphatic heterocycles. The van der Waals surface area contributed by atoms with Crippen LogP contribution in [0, 0.1) is 5.92 Å². The predicted molar refractivity (Wildman–Crippen MR) is 39.3 cm³/mol. The van der Waals surface area contributed by atoms with Crippen molar-refractivity contribution in [3.63, 3.8) is 0 Å². The second-order valence-electron chi connectivity index (χ2n) is 2.01. The lowest BCUT2D eigenvalue weighted by molar-refractivity contribution is 0.234. The molecule has 0 aliphatic carbocycles. The second kappa shape index (κ2) is 10.8. The molecular formula is C7H18O2. The van der Waals surface area contributed by atoms with Gasteiger partial charge in [-0.2, -0.15) is 0 Å². The largest absolute Gasteiger partial charge is 0.397 e. The second-order valence-corrected chi connectivity index (χ2v) is 2.01. The van der Waals surface area contributed by atoms with Gasteiger partial charge >= 0.3 is 0 Å². The molecule has 0 amide bonds. The lowest BCUT2D eigenvalue weighted by atomic mass is 10.1. The molecule has 2 nitrogen and oxygen atoms in total. The average Bonchev–Trinajstić information content (AvgIpc) is 1.88. The van der Waals surface area contributed by atoms with Crippen molar-refractivity contribution >= 4 is 0 Å². The monoisotopic (exact) mass is 134 g/mol. The molecule has 2 N–H and O–H groups in total. The predicted octanol–water partition coefficient (Wildman–Crippen LogP) is 1.02. The van der Waals surface area contributed by atoms with Crippen LogP contribution in [-0.4, -0.2) is 23.4 Å². The van der Waals surface area contributed by atoms with E-state index in [1.165, 1.54) is 0 Å². The smallest absolute Gasteiger partial charge is 0.0456 e. The van der Waals surface area contributed by atoms with Gasteiger partial charge in [0.25, 0.3) is 0 Å². The summed E-state index contributed by atoms with van der Waals surface area (Å²) in [6.45, 7) is 6.36. The van der Waals surface area contributed by atoms with Crippen LogP contribution < -0.4 is 0 Å². The molecule has 0 aromatic carbocycles. The maximum Gasteiger partial charge on any atom is 0.0456 e. The Morgan fingerprint density at radius 3 is 1.56 bits per heavy atom. The summed E-state index contributed by atoms with van der Waals surface area (Å²) in [5.41, 5.74) is 0. The van der Waals surface area contributed by atoms with Crippen molar-refractivity contribution in [1.82, 2.24) is 0 Å². The molecule has 0 heterocycles. The molecule has 0 fully saturated rings. The molecule has 0 rings (SSSR count). The van der Waals surface area contributed by atoms with Gasteiger partial charge in [-0.3, -0.25) is 0 Å². The van der Waals surface area contributed by atoms with Crippen LogP contribution in [0.4, 0.5) is 0 Å². The Bertz CT molecular complexity index is 33.9. The zero-order valence-electron chi connectivity index (χ0n) is 6.59. The molecule has 0 aliphatic rings. The maximum atomic E-state index is 8.33. The van der Waals surface area contributed by atoms with Gasteiger partial charge in [-0.25, -0.2) is 0 Å². The summed E-state index contributed by atoms with van der Waals surface area (Å²) in [6, 6.07) is 0. The van der Waals surface area contributed by atoms with Gasteiger partial charge in [0.05, 0.1) is 0 Å². The van der Waals surface area contributed by atoms with Gasteiger partial charge in [0.15, 0.2) is 0 Å². The molecular weight excluding hydrogens is 116 g/mol. The van der Waals surface area contributed by atoms with E-state index in [1.54, 1.807) is 6.92 Å². The first-order valence-corrected chi connectivity index (χ1v) is 3.44. The topological polar surface area (TPSA) is 40.5 Å². The fourth-order valence-electron chi connectivity index (χ4n) is 0.129. The number of hydrogen-bond acceptors (Lipinski definition) is 2. The molecule has 0 radical (unpaired) electrons. The van der Waals surface area contributed by atoms with Crippen molar-refractivity contribution in [2.24, 2.45) is 5.92 Å². The number of aliphatic hydroxyl groups excluding tert-OH is 2. The minimum absolute atomic E-state index is 0.250. The van der Waals surface area contributed by atoms with Gasteiger partial charge in [-0.15, -0.1) is 0 Å². The first-order valence-electron chi connectivity index (χ1n) is 3.44. The molecule has 0 saturated heterocycles. The van der Waals surface area contributed by atoms with Crippen molar-refractivity contribution in [3.8, 4) is 0 Å². The van der Waals surface area contributed by atoms with Gasteiger partial charge in [-0.1, -0.05) is 20.3 Å². The van der Waals surface area contributed by atoms with E-state index in [-0.39, 0.29) is 6.61 Å². The van der Waals surface area contributed by atoms with E-state index in [1.807, 2.05) is 6.92 Å². The number of rotatable bonds is 2. The van der Waals surface area contributed by atoms with Crippen LogP contribution in [0.2, 0.25) is 0 Å². The SMILES string of the molecule is CCO.CC[C@@H](C)CO. The minimum atomic E-state index is 0.250. The molecule has 0 spiro atoms. The van der Waals surface area contributed by atoms with Gasteiger partial charge in [0.1, 0.15) is 0 Å². The minimum Gasteiger partial charge on any atom is -0.397 e. The van der Waals surface area contributed by atoms with E-state index in [2.05, 4.69) is 6.92 Å². The number of aliphatic hydroxyl groups is 2. The van der Waals surface area contributed by atoms with E-state index in [0.29, 0.717) is 12.5 Å². The van der Waals surface area contributed by atoms with Crippen LogP contribution in [0.1, 0.15) is 27.2 Å². The summed E-state index contributed by atoms with van der Waals surface area (Å²) in [5, 5.41) is 15.9. The first kappa shape index (κ1) is 11.7. The molecule has 0 aromatic heterocycles. The summed E-state index contributed by atoms with van der Waals surface area (Å²) >= 11 is 0. The fourth-order valence-corrected chi connectivity index (χ4v) is 0.129. The van der Waals surface area contributed by atoms with Crippen LogP contribution in [0.3, 0.4) is 0 Å². The van der Waals surface area contributed by atoms with Crippen molar-refractivity contribution in [1.29, 1.82) is 0 Å².